The minimum atomic E-state index is -0.717. The summed E-state index contributed by atoms with van der Waals surface area (Å²) >= 11 is 0. The van der Waals surface area contributed by atoms with Gasteiger partial charge >= 0.3 is 5.97 Å². The molecule has 0 aromatic carbocycles. The summed E-state index contributed by atoms with van der Waals surface area (Å²) in [4.78, 5) is 25.6. The fourth-order valence-corrected chi connectivity index (χ4v) is 4.90. The lowest BCUT2D eigenvalue weighted by atomic mass is 9.26. The molecule has 11 heteroatoms. The van der Waals surface area contributed by atoms with E-state index in [1.54, 1.807) is 6.92 Å². The van der Waals surface area contributed by atoms with E-state index in [1.807, 2.05) is 31.4 Å². The fraction of sp³-hybridized carbons (Fsp3) is 0.818. The molecule has 2 unspecified atom stereocenters. The van der Waals surface area contributed by atoms with Crippen molar-refractivity contribution in [3.05, 3.63) is 0 Å². The Kier molecular flexibility index (Phi) is 5.84. The molecule has 0 saturated carbocycles. The first-order chi connectivity index (χ1) is 9.81. The molecule has 1 aliphatic rings. The Morgan fingerprint density at radius 1 is 1.27 bits per heavy atom. The summed E-state index contributed by atoms with van der Waals surface area (Å²) in [7, 11) is 12.7. The van der Waals surface area contributed by atoms with Crippen LogP contribution in [0.5, 0.6) is 0 Å². The van der Waals surface area contributed by atoms with Crippen molar-refractivity contribution in [2.75, 3.05) is 6.61 Å². The monoisotopic (exact) mass is 317 g/mol. The highest BCUT2D eigenvalue weighted by Crippen LogP contribution is 2.53. The number of ketones is 1. The van der Waals surface area contributed by atoms with Crippen molar-refractivity contribution >= 4 is 67.6 Å². The third kappa shape index (κ3) is 3.11. The van der Waals surface area contributed by atoms with Gasteiger partial charge in [-0.15, -0.1) is 0 Å². The fourth-order valence-electron chi connectivity index (χ4n) is 3.34. The third-order valence-electron chi connectivity index (χ3n) is 5.19. The van der Waals surface area contributed by atoms with Crippen LogP contribution < -0.4 is 0 Å². The Morgan fingerprint density at radius 3 is 2.18 bits per heavy atom. The van der Waals surface area contributed by atoms with Gasteiger partial charge in [-0.2, -0.15) is 0 Å². The van der Waals surface area contributed by atoms with E-state index in [1.165, 1.54) is 0 Å². The van der Waals surface area contributed by atoms with Crippen LogP contribution in [0.1, 0.15) is 20.8 Å². The average Bonchev–Trinajstić information content (AvgIpc) is 2.34. The van der Waals surface area contributed by atoms with E-state index in [4.69, 9.17) is 4.74 Å². The van der Waals surface area contributed by atoms with Crippen LogP contribution in [-0.4, -0.2) is 86.4 Å². The molecule has 1 fully saturated rings. The van der Waals surface area contributed by atoms with Crippen molar-refractivity contribution in [1.29, 1.82) is 0 Å². The van der Waals surface area contributed by atoms with Crippen LogP contribution >= 0.6 is 8.73 Å². The van der Waals surface area contributed by atoms with Gasteiger partial charge in [0, 0.05) is 5.34 Å². The van der Waals surface area contributed by atoms with Gasteiger partial charge in [0.25, 0.3) is 0 Å². The van der Waals surface area contributed by atoms with Crippen LogP contribution in [0, 0.1) is 5.92 Å². The molecule has 0 aliphatic carbocycles. The van der Waals surface area contributed by atoms with Gasteiger partial charge in [0.05, 0.1) is 6.61 Å². The van der Waals surface area contributed by atoms with Crippen LogP contribution in [0.3, 0.4) is 0 Å². The van der Waals surface area contributed by atoms with E-state index in [-0.39, 0.29) is 17.1 Å². The maximum Gasteiger partial charge on any atom is 0.315 e. The predicted octanol–water partition coefficient (Wildman–Crippen LogP) is -4.73. The molecule has 0 bridgehead atoms. The zero-order chi connectivity index (χ0) is 17.5. The zero-order valence-electron chi connectivity index (χ0n) is 15.5. The minimum Gasteiger partial charge on any atom is -0.465 e. The zero-order valence-corrected chi connectivity index (χ0v) is 16.5. The second-order valence-electron chi connectivity index (χ2n) is 8.01. The number of carbonyl (C=O) groups excluding carboxylic acids is 2. The largest absolute Gasteiger partial charge is 0.465 e. The number of rotatable bonds is 4. The van der Waals surface area contributed by atoms with Crippen LogP contribution in [0.25, 0.3) is 0 Å². The molecule has 0 N–H and O–H groups in total. The van der Waals surface area contributed by atoms with E-state index < -0.39 is 16.5 Å². The second-order valence-corrected chi connectivity index (χ2v) is 9.87. The highest BCUT2D eigenvalue weighted by molar-refractivity contribution is 7.36. The molecule has 1 heterocycles. The summed E-state index contributed by atoms with van der Waals surface area (Å²) in [5.41, 5.74) is 0.473. The molecule has 0 spiro atoms. The number of ether oxygens (including phenoxy) is 1. The van der Waals surface area contributed by atoms with Gasteiger partial charge < -0.3 is 4.74 Å². The molecule has 1 rings (SSSR count). The third-order valence-corrected chi connectivity index (χ3v) is 7.08. The SMILES string of the molecule is BC1(B)C(=O)C(C(=O)OCC)C(B)(B)C(B)(B)N1PC(C)C. The van der Waals surface area contributed by atoms with Crippen molar-refractivity contribution < 1.29 is 14.3 Å². The Balaban J connectivity index is 3.41. The van der Waals surface area contributed by atoms with Crippen molar-refractivity contribution in [1.82, 2.24) is 4.67 Å². The highest BCUT2D eigenvalue weighted by Gasteiger charge is 2.62. The van der Waals surface area contributed by atoms with E-state index in [0.717, 1.165) is 0 Å². The predicted molar refractivity (Wildman–Crippen MR) is 110 cm³/mol. The molecule has 2 atom stereocenters. The lowest BCUT2D eigenvalue weighted by Crippen LogP contribution is -2.76. The summed E-state index contributed by atoms with van der Waals surface area (Å²) in [6.07, 6.45) is 0. The number of hydrogen-bond donors (Lipinski definition) is 0. The quantitative estimate of drug-likeness (QED) is 0.226. The number of hydrogen-bond acceptors (Lipinski definition) is 4. The van der Waals surface area contributed by atoms with Crippen LogP contribution in [-0.2, 0) is 14.3 Å². The number of esters is 1. The van der Waals surface area contributed by atoms with Gasteiger partial charge in [0.2, 0.25) is 0 Å². The first kappa shape index (κ1) is 20.0. The first-order valence-electron chi connectivity index (χ1n) is 8.09. The Hall–Kier alpha value is -0.0804. The topological polar surface area (TPSA) is 46.6 Å². The molecule has 1 saturated heterocycles. The standard InChI is InChI=1S/C11H26B6NO3P/c1-4-21-8(20)6-7(19)10(14,15)18(22-5(2)3)11(16,17)9(6,12)13/h5-6,22H,4,12-17H2,1-3H3. The first-order valence-corrected chi connectivity index (χ1v) is 9.11. The van der Waals surface area contributed by atoms with Crippen molar-refractivity contribution in [3.8, 4) is 0 Å². The normalized spacial score (nSPS) is 27.3. The van der Waals surface area contributed by atoms with E-state index >= 15 is 0 Å². The van der Waals surface area contributed by atoms with Gasteiger partial charge in [-0.1, -0.05) is 27.8 Å². The lowest BCUT2D eigenvalue weighted by molar-refractivity contribution is -0.155. The minimum absolute atomic E-state index is 0.0246. The smallest absolute Gasteiger partial charge is 0.315 e. The van der Waals surface area contributed by atoms with E-state index in [2.05, 4.69) is 34.2 Å². The molecular weight excluding hydrogens is 290 g/mol. The summed E-state index contributed by atoms with van der Waals surface area (Å²) in [6.45, 7) is 6.41. The molecule has 22 heavy (non-hydrogen) atoms. The molecule has 4 nitrogen and oxygen atoms in total. The maximum absolute atomic E-state index is 13.1. The average molecular weight is 316 g/mol. The number of Topliss-reactive ketones (excluding diaryl/α,β-unsaturated/α-hetero) is 1. The molecule has 0 radical (unpaired) electrons. The van der Waals surface area contributed by atoms with Crippen LogP contribution in [0.4, 0.5) is 0 Å². The Bertz CT molecular complexity index is 471. The summed E-state index contributed by atoms with van der Waals surface area (Å²) in [6, 6.07) is 0. The molecule has 0 aromatic rings. The summed E-state index contributed by atoms with van der Waals surface area (Å²) < 4.78 is 7.51. The molecule has 0 amide bonds. The van der Waals surface area contributed by atoms with Crippen LogP contribution in [0.2, 0.25) is 5.21 Å². The Labute approximate surface area is 141 Å². The van der Waals surface area contributed by atoms with Gasteiger partial charge in [0.1, 0.15) is 58.8 Å². The number of piperidine rings is 1. The van der Waals surface area contributed by atoms with Gasteiger partial charge in [-0.3, -0.25) is 14.3 Å². The van der Waals surface area contributed by atoms with Crippen molar-refractivity contribution in [2.24, 2.45) is 5.92 Å². The molecule has 1 aliphatic heterocycles. The van der Waals surface area contributed by atoms with Gasteiger partial charge in [-0.05, 0) is 17.9 Å². The van der Waals surface area contributed by atoms with E-state index in [9.17, 15) is 9.59 Å². The van der Waals surface area contributed by atoms with Gasteiger partial charge in [-0.25, -0.2) is 0 Å². The maximum atomic E-state index is 13.1. The van der Waals surface area contributed by atoms with Gasteiger partial charge in [0.15, 0.2) is 0 Å². The second kappa shape index (κ2) is 6.43. The number of carbonyl (C=O) groups is 2. The summed E-state index contributed by atoms with van der Waals surface area (Å²) in [5, 5.41) is -1.45. The van der Waals surface area contributed by atoms with E-state index in [0.29, 0.717) is 21.0 Å². The molecular formula is C11H26B6NO3P. The van der Waals surface area contributed by atoms with Crippen molar-refractivity contribution in [2.45, 2.75) is 42.3 Å². The molecule has 0 aromatic heterocycles. The highest BCUT2D eigenvalue weighted by atomic mass is 31.1. The van der Waals surface area contributed by atoms with Crippen molar-refractivity contribution in [3.63, 3.8) is 0 Å². The summed E-state index contributed by atoms with van der Waals surface area (Å²) in [5.74, 6) is -1.12. The van der Waals surface area contributed by atoms with Crippen LogP contribution in [0.15, 0.2) is 0 Å². The Morgan fingerprint density at radius 2 is 1.77 bits per heavy atom. The molecule has 116 valence electrons. The lowest BCUT2D eigenvalue weighted by Gasteiger charge is -2.63. The number of nitrogens with zero attached hydrogens (tertiary/aromatic N) is 1.